The lowest BCUT2D eigenvalue weighted by Crippen LogP contribution is -2.22. The Morgan fingerprint density at radius 2 is 1.97 bits per heavy atom. The zero-order valence-electron chi connectivity index (χ0n) is 18.2. The van der Waals surface area contributed by atoms with E-state index in [1.54, 1.807) is 12.3 Å². The minimum absolute atomic E-state index is 0.269. The van der Waals surface area contributed by atoms with Crippen molar-refractivity contribution in [2.75, 3.05) is 6.61 Å². The first-order valence-electron chi connectivity index (χ1n) is 10.4. The van der Waals surface area contributed by atoms with Crippen LogP contribution >= 0.6 is 0 Å². The second-order valence-corrected chi connectivity index (χ2v) is 14.0. The van der Waals surface area contributed by atoms with Crippen LogP contribution in [0, 0.1) is 0 Å². The summed E-state index contributed by atoms with van der Waals surface area (Å²) < 4.78 is 13.3. The predicted octanol–water partition coefficient (Wildman–Crippen LogP) is 5.29. The zero-order valence-corrected chi connectivity index (χ0v) is 19.2. The van der Waals surface area contributed by atoms with E-state index in [-0.39, 0.29) is 12.6 Å². The van der Waals surface area contributed by atoms with E-state index in [9.17, 15) is 4.79 Å². The number of rotatable bonds is 12. The molecule has 0 bridgehead atoms. The summed E-state index contributed by atoms with van der Waals surface area (Å²) in [4.78, 5) is 16.6. The number of aromatic nitrogens is 2. The average Bonchev–Trinajstić information content (AvgIpc) is 3.08. The van der Waals surface area contributed by atoms with Crippen LogP contribution in [0.4, 0.5) is 0 Å². The lowest BCUT2D eigenvalue weighted by molar-refractivity contribution is -0.138. The summed E-state index contributed by atoms with van der Waals surface area (Å²) in [7, 11) is -1.12. The number of carbonyl (C=O) groups excluding carboxylic acids is 1. The van der Waals surface area contributed by atoms with E-state index >= 15 is 0 Å². The Morgan fingerprint density at radius 3 is 2.66 bits per heavy atom. The zero-order chi connectivity index (χ0) is 21.1. The van der Waals surface area contributed by atoms with Gasteiger partial charge in [0.05, 0.1) is 11.9 Å². The van der Waals surface area contributed by atoms with Gasteiger partial charge in [-0.25, -0.2) is 9.78 Å². The van der Waals surface area contributed by atoms with Crippen molar-refractivity contribution in [1.82, 2.24) is 9.55 Å². The van der Waals surface area contributed by atoms with Gasteiger partial charge in [0.1, 0.15) is 19.2 Å². The van der Waals surface area contributed by atoms with E-state index in [2.05, 4.69) is 36.1 Å². The second kappa shape index (κ2) is 11.7. The van der Waals surface area contributed by atoms with Crippen molar-refractivity contribution in [3.05, 3.63) is 59.7 Å². The van der Waals surface area contributed by atoms with Crippen molar-refractivity contribution < 1.29 is 14.3 Å². The Hall–Kier alpha value is -2.18. The number of hydrogen-bond donors (Lipinski definition) is 0. The molecule has 0 N–H and O–H groups in total. The normalized spacial score (nSPS) is 11.9. The molecule has 0 atom stereocenters. The standard InChI is InChI=1S/C23H34N2O3Si/c1-5-6-12-22-24-17-21(25(22)19-27-15-16-29(2,3)4)13-14-23(26)28-18-20-10-8-7-9-11-20/h7-11,13-14,17H,5-6,12,15-16,18-19H2,1-4H3/b14-13+. The van der Waals surface area contributed by atoms with Gasteiger partial charge in [0, 0.05) is 27.2 Å². The maximum atomic E-state index is 12.1. The number of benzene rings is 1. The van der Waals surface area contributed by atoms with Gasteiger partial charge in [0.25, 0.3) is 0 Å². The van der Waals surface area contributed by atoms with Gasteiger partial charge < -0.3 is 14.0 Å². The van der Waals surface area contributed by atoms with Crippen molar-refractivity contribution in [1.29, 1.82) is 0 Å². The van der Waals surface area contributed by atoms with Crippen LogP contribution in [0.1, 0.15) is 36.8 Å². The Labute approximate surface area is 175 Å². The molecule has 1 aromatic carbocycles. The molecule has 0 saturated heterocycles. The molecule has 158 valence electrons. The number of carbonyl (C=O) groups is 1. The predicted molar refractivity (Wildman–Crippen MR) is 120 cm³/mol. The van der Waals surface area contributed by atoms with Crippen molar-refractivity contribution >= 4 is 20.1 Å². The molecule has 0 fully saturated rings. The van der Waals surface area contributed by atoms with Crippen LogP contribution in [-0.4, -0.2) is 30.2 Å². The minimum atomic E-state index is -1.12. The highest BCUT2D eigenvalue weighted by molar-refractivity contribution is 6.76. The Bertz CT molecular complexity index is 779. The number of unbranched alkanes of at least 4 members (excludes halogenated alkanes) is 1. The lowest BCUT2D eigenvalue weighted by atomic mass is 10.2. The smallest absolute Gasteiger partial charge is 0.331 e. The number of hydrogen-bond acceptors (Lipinski definition) is 4. The van der Waals surface area contributed by atoms with Gasteiger partial charge in [-0.3, -0.25) is 0 Å². The Kier molecular flexibility index (Phi) is 9.34. The average molecular weight is 415 g/mol. The molecule has 0 spiro atoms. The minimum Gasteiger partial charge on any atom is -0.458 e. The van der Waals surface area contributed by atoms with Gasteiger partial charge in [0.2, 0.25) is 0 Å². The molecular formula is C23H34N2O3Si. The van der Waals surface area contributed by atoms with Crippen LogP contribution in [0.2, 0.25) is 25.7 Å². The van der Waals surface area contributed by atoms with Gasteiger partial charge in [-0.05, 0) is 24.1 Å². The summed E-state index contributed by atoms with van der Waals surface area (Å²) in [6, 6.07) is 10.8. The summed E-state index contributed by atoms with van der Waals surface area (Å²) in [6.07, 6.45) is 8.11. The topological polar surface area (TPSA) is 53.3 Å². The summed E-state index contributed by atoms with van der Waals surface area (Å²) in [5.41, 5.74) is 1.83. The number of ether oxygens (including phenoxy) is 2. The summed E-state index contributed by atoms with van der Waals surface area (Å²) in [5.74, 6) is 0.633. The fraction of sp³-hybridized carbons (Fsp3) is 0.478. The maximum Gasteiger partial charge on any atom is 0.331 e. The molecule has 5 nitrogen and oxygen atoms in total. The highest BCUT2D eigenvalue weighted by Gasteiger charge is 2.13. The molecule has 0 unspecified atom stereocenters. The summed E-state index contributed by atoms with van der Waals surface area (Å²) >= 11 is 0. The van der Waals surface area contributed by atoms with E-state index < -0.39 is 8.07 Å². The van der Waals surface area contributed by atoms with Gasteiger partial charge in [0.15, 0.2) is 0 Å². The largest absolute Gasteiger partial charge is 0.458 e. The summed E-state index contributed by atoms with van der Waals surface area (Å²) in [5, 5.41) is 0. The third-order valence-corrected chi connectivity index (χ3v) is 6.26. The third kappa shape index (κ3) is 8.79. The number of esters is 1. The van der Waals surface area contributed by atoms with Crippen molar-refractivity contribution in [2.45, 2.75) is 65.2 Å². The fourth-order valence-corrected chi connectivity index (χ4v) is 3.47. The molecule has 0 aliphatic heterocycles. The number of aryl methyl sites for hydroxylation is 1. The molecule has 29 heavy (non-hydrogen) atoms. The Morgan fingerprint density at radius 1 is 1.21 bits per heavy atom. The van der Waals surface area contributed by atoms with Crippen LogP contribution in [-0.2, 0) is 34.0 Å². The quantitative estimate of drug-likeness (QED) is 0.205. The molecule has 0 aliphatic carbocycles. The molecule has 0 saturated carbocycles. The summed E-state index contributed by atoms with van der Waals surface area (Å²) in [6.45, 7) is 10.7. The van der Waals surface area contributed by atoms with Crippen LogP contribution in [0.15, 0.2) is 42.6 Å². The van der Waals surface area contributed by atoms with Crippen LogP contribution < -0.4 is 0 Å². The number of nitrogens with zero attached hydrogens (tertiary/aromatic N) is 2. The molecule has 1 heterocycles. The molecule has 2 aromatic rings. The van der Waals surface area contributed by atoms with Crippen LogP contribution in [0.5, 0.6) is 0 Å². The van der Waals surface area contributed by atoms with Gasteiger partial charge in [-0.1, -0.05) is 63.3 Å². The van der Waals surface area contributed by atoms with Gasteiger partial charge in [-0.15, -0.1) is 0 Å². The molecule has 0 radical (unpaired) electrons. The van der Waals surface area contributed by atoms with Crippen LogP contribution in [0.25, 0.3) is 6.08 Å². The third-order valence-electron chi connectivity index (χ3n) is 4.55. The first-order valence-corrected chi connectivity index (χ1v) is 14.1. The molecule has 0 aliphatic rings. The van der Waals surface area contributed by atoms with Gasteiger partial charge >= 0.3 is 5.97 Å². The van der Waals surface area contributed by atoms with E-state index in [0.717, 1.165) is 49.0 Å². The van der Waals surface area contributed by atoms with Crippen molar-refractivity contribution in [2.24, 2.45) is 0 Å². The van der Waals surface area contributed by atoms with Crippen LogP contribution in [0.3, 0.4) is 0 Å². The molecule has 1 aromatic heterocycles. The van der Waals surface area contributed by atoms with Crippen molar-refractivity contribution in [3.8, 4) is 0 Å². The van der Waals surface area contributed by atoms with E-state index in [4.69, 9.17) is 9.47 Å². The molecule has 6 heteroatoms. The molecule has 0 amide bonds. The fourth-order valence-electron chi connectivity index (χ4n) is 2.71. The lowest BCUT2D eigenvalue weighted by Gasteiger charge is -2.16. The van der Waals surface area contributed by atoms with E-state index in [0.29, 0.717) is 6.73 Å². The highest BCUT2D eigenvalue weighted by Crippen LogP contribution is 2.13. The van der Waals surface area contributed by atoms with E-state index in [1.807, 2.05) is 30.3 Å². The monoisotopic (exact) mass is 414 g/mol. The van der Waals surface area contributed by atoms with E-state index in [1.165, 1.54) is 6.08 Å². The Balaban J connectivity index is 1.97. The SMILES string of the molecule is CCCCc1ncc(/C=C/C(=O)OCc2ccccc2)n1COCC[Si](C)(C)C. The molecule has 2 rings (SSSR count). The number of imidazole rings is 1. The first-order chi connectivity index (χ1) is 13.9. The maximum absolute atomic E-state index is 12.1. The second-order valence-electron chi connectivity index (χ2n) is 8.41. The highest BCUT2D eigenvalue weighted by atomic mass is 28.3. The molecular weight excluding hydrogens is 380 g/mol. The first kappa shape index (κ1) is 23.1. The van der Waals surface area contributed by atoms with Gasteiger partial charge in [-0.2, -0.15) is 0 Å². The van der Waals surface area contributed by atoms with Crippen molar-refractivity contribution in [3.63, 3.8) is 0 Å².